The average molecular weight is 590 g/mol. The number of carbonyl (C=O) groups is 1. The molecule has 0 bridgehead atoms. The highest BCUT2D eigenvalue weighted by molar-refractivity contribution is 7.84. The third-order valence-corrected chi connectivity index (χ3v) is 7.56. The van der Waals surface area contributed by atoms with Crippen LogP contribution in [-0.4, -0.2) is 57.7 Å². The molecule has 3 aromatic carbocycles. The van der Waals surface area contributed by atoms with Crippen molar-refractivity contribution in [3.63, 3.8) is 0 Å². The fraction of sp³-hybridized carbons (Fsp3) is 0.0938. The Balaban J connectivity index is 0.000000116. The van der Waals surface area contributed by atoms with E-state index in [1.54, 1.807) is 23.2 Å². The number of H-pyrrole nitrogens is 1. The molecule has 11 heteroatoms. The zero-order valence-electron chi connectivity index (χ0n) is 23.6. The van der Waals surface area contributed by atoms with Gasteiger partial charge in [-0.25, -0.2) is 23.8 Å². The van der Waals surface area contributed by atoms with Crippen molar-refractivity contribution in [3.05, 3.63) is 115 Å². The third-order valence-electron chi connectivity index (χ3n) is 6.86. The lowest BCUT2D eigenvalue weighted by molar-refractivity contribution is 0.0597. The number of ether oxygens (including phenoxy) is 1. The first-order valence-corrected chi connectivity index (χ1v) is 14.9. The highest BCUT2D eigenvalue weighted by Crippen LogP contribution is 2.21. The minimum absolute atomic E-state index is 0.332. The third kappa shape index (κ3) is 5.57. The van der Waals surface area contributed by atoms with E-state index >= 15 is 0 Å². The van der Waals surface area contributed by atoms with Gasteiger partial charge >= 0.3 is 5.97 Å². The molecule has 5 aromatic heterocycles. The van der Waals surface area contributed by atoms with Crippen molar-refractivity contribution in [1.82, 2.24) is 34.2 Å². The van der Waals surface area contributed by atoms with E-state index in [-0.39, 0.29) is 5.97 Å². The second kappa shape index (κ2) is 11.8. The Morgan fingerprint density at radius 3 is 1.91 bits per heavy atom. The molecule has 0 fully saturated rings. The number of aromatic amines is 1. The predicted molar refractivity (Wildman–Crippen MR) is 168 cm³/mol. The van der Waals surface area contributed by atoms with E-state index in [0.717, 1.165) is 38.4 Å². The van der Waals surface area contributed by atoms with Crippen molar-refractivity contribution >= 4 is 60.1 Å². The van der Waals surface area contributed by atoms with Crippen LogP contribution in [0.3, 0.4) is 0 Å². The van der Waals surface area contributed by atoms with E-state index in [9.17, 15) is 9.00 Å². The number of hydrogen-bond acceptors (Lipinski definition) is 7. The van der Waals surface area contributed by atoms with Crippen LogP contribution >= 0.6 is 0 Å². The van der Waals surface area contributed by atoms with Crippen molar-refractivity contribution in [2.45, 2.75) is 12.1 Å². The number of benzene rings is 3. The minimum atomic E-state index is -1.15. The summed E-state index contributed by atoms with van der Waals surface area (Å²) in [5.41, 5.74) is 2.51. The number of aryl methyl sites for hydroxylation is 1. The fourth-order valence-corrected chi connectivity index (χ4v) is 5.21. The molecule has 214 valence electrons. The van der Waals surface area contributed by atoms with Crippen molar-refractivity contribution in [2.24, 2.45) is 0 Å². The Hall–Kier alpha value is -5.42. The van der Waals surface area contributed by atoms with Crippen molar-refractivity contribution in [1.29, 1.82) is 0 Å². The molecule has 8 aromatic rings. The molecule has 1 unspecified atom stereocenters. The van der Waals surface area contributed by atoms with Crippen LogP contribution in [0.4, 0.5) is 0 Å². The number of rotatable bonds is 2. The molecular formula is C32H27N7O3S. The zero-order chi connectivity index (χ0) is 29.9. The van der Waals surface area contributed by atoms with Gasteiger partial charge in [-0.2, -0.15) is 5.10 Å². The van der Waals surface area contributed by atoms with Crippen molar-refractivity contribution in [3.8, 4) is 0 Å². The van der Waals surface area contributed by atoms with Gasteiger partial charge in [0.1, 0.15) is 11.5 Å². The van der Waals surface area contributed by atoms with Gasteiger partial charge in [-0.1, -0.05) is 72.8 Å². The molecule has 1 N–H and O–H groups in total. The molecule has 0 aliphatic heterocycles. The van der Waals surface area contributed by atoms with Crippen LogP contribution in [0.1, 0.15) is 16.3 Å². The van der Waals surface area contributed by atoms with Gasteiger partial charge in [0.2, 0.25) is 5.16 Å². The largest absolute Gasteiger partial charge is 0.464 e. The van der Waals surface area contributed by atoms with Crippen LogP contribution in [0.2, 0.25) is 0 Å². The summed E-state index contributed by atoms with van der Waals surface area (Å²) in [6.45, 7) is 1.89. The number of nitrogens with zero attached hydrogens (tertiary/aromatic N) is 6. The molecule has 0 saturated heterocycles. The van der Waals surface area contributed by atoms with E-state index in [0.29, 0.717) is 10.9 Å². The first-order valence-electron chi connectivity index (χ1n) is 13.3. The highest BCUT2D eigenvalue weighted by Gasteiger charge is 2.11. The quantitative estimate of drug-likeness (QED) is 0.254. The van der Waals surface area contributed by atoms with Gasteiger partial charge in [-0.15, -0.1) is 5.10 Å². The highest BCUT2D eigenvalue weighted by atomic mass is 32.2. The molecule has 43 heavy (non-hydrogen) atoms. The number of nitrogens with one attached hydrogen (secondary N) is 1. The van der Waals surface area contributed by atoms with Crippen LogP contribution in [0.5, 0.6) is 0 Å². The van der Waals surface area contributed by atoms with E-state index in [1.165, 1.54) is 17.9 Å². The Morgan fingerprint density at radius 2 is 1.30 bits per heavy atom. The zero-order valence-corrected chi connectivity index (χ0v) is 24.4. The van der Waals surface area contributed by atoms with Gasteiger partial charge < -0.3 is 9.72 Å². The maximum atomic E-state index is 11.3. The molecule has 8 rings (SSSR count). The second-order valence-corrected chi connectivity index (χ2v) is 10.9. The lowest BCUT2D eigenvalue weighted by Gasteiger charge is -1.96. The summed E-state index contributed by atoms with van der Waals surface area (Å²) in [6, 6.07) is 23.9. The molecule has 0 radical (unpaired) electrons. The Morgan fingerprint density at radius 1 is 0.767 bits per heavy atom. The lowest BCUT2D eigenvalue weighted by Crippen LogP contribution is -2.01. The first-order chi connectivity index (χ1) is 20.9. The molecule has 0 saturated carbocycles. The molecular weight excluding hydrogens is 562 g/mol. The summed E-state index contributed by atoms with van der Waals surface area (Å²) in [6.07, 6.45) is 10.9. The Bertz CT molecular complexity index is 2270. The maximum absolute atomic E-state index is 11.3. The average Bonchev–Trinajstić information content (AvgIpc) is 3.73. The minimum Gasteiger partial charge on any atom is -0.464 e. The van der Waals surface area contributed by atoms with Gasteiger partial charge in [-0.3, -0.25) is 4.21 Å². The molecule has 1 atom stereocenters. The number of methoxy groups -OCH3 is 1. The van der Waals surface area contributed by atoms with E-state index in [1.807, 2.05) is 90.7 Å². The molecule has 0 aliphatic carbocycles. The number of fused-ring (bicyclic) bond motifs is 7. The summed E-state index contributed by atoms with van der Waals surface area (Å²) in [7, 11) is 0.223. The SMILES string of the molecule is COC(=O)c1[nH]cc2ccccc12.CS(=O)c1ncc2c3ccccc3cn2n1.Cc1ncc2c3ccccc3cn2n1. The summed E-state index contributed by atoms with van der Waals surface area (Å²) < 4.78 is 19.5. The lowest BCUT2D eigenvalue weighted by atomic mass is 10.2. The van der Waals surface area contributed by atoms with E-state index in [2.05, 4.69) is 42.0 Å². The fourth-order valence-electron chi connectivity index (χ4n) is 4.81. The smallest absolute Gasteiger partial charge is 0.355 e. The van der Waals surface area contributed by atoms with Crippen LogP contribution in [-0.2, 0) is 15.5 Å². The summed E-state index contributed by atoms with van der Waals surface area (Å²) >= 11 is 0. The molecule has 0 spiro atoms. The monoisotopic (exact) mass is 589 g/mol. The first kappa shape index (κ1) is 27.7. The summed E-state index contributed by atoms with van der Waals surface area (Å²) in [4.78, 5) is 22.4. The number of hydrogen-bond donors (Lipinski definition) is 1. The van der Waals surface area contributed by atoms with Crippen molar-refractivity contribution in [2.75, 3.05) is 13.4 Å². The maximum Gasteiger partial charge on any atom is 0.355 e. The molecule has 0 aliphatic rings. The number of aromatic nitrogens is 7. The summed E-state index contributed by atoms with van der Waals surface area (Å²) in [5, 5.41) is 15.4. The molecule has 5 heterocycles. The number of carbonyl (C=O) groups excluding carboxylic acids is 1. The normalized spacial score (nSPS) is 11.7. The Kier molecular flexibility index (Phi) is 7.63. The van der Waals surface area contributed by atoms with Crippen molar-refractivity contribution < 1.29 is 13.7 Å². The van der Waals surface area contributed by atoms with Gasteiger partial charge in [0.25, 0.3) is 0 Å². The standard InChI is InChI=1S/C11H9N3OS.C11H9N3.C10H9NO2/c1-16(15)11-12-6-10-9-5-3-2-4-8(9)7-14(10)13-11;1-8-12-6-11-10-5-3-2-4-9(10)7-14(11)13-8;1-13-10(12)9-8-5-3-2-4-7(8)6-11-9/h2-7H,1H3;2-7H,1H3;2-6,11H,1H3. The predicted octanol–water partition coefficient (Wildman–Crippen LogP) is 5.77. The Labute approximate surface area is 248 Å². The topological polar surface area (TPSA) is 120 Å². The van der Waals surface area contributed by atoms with E-state index < -0.39 is 10.8 Å². The summed E-state index contributed by atoms with van der Waals surface area (Å²) in [5.74, 6) is 0.457. The van der Waals surface area contributed by atoms with Crippen LogP contribution in [0, 0.1) is 6.92 Å². The second-order valence-electron chi connectivity index (χ2n) is 9.64. The van der Waals surface area contributed by atoms with E-state index in [4.69, 9.17) is 0 Å². The van der Waals surface area contributed by atoms with Crippen LogP contribution in [0.15, 0.2) is 109 Å². The van der Waals surface area contributed by atoms with Crippen LogP contribution in [0.25, 0.3) is 43.4 Å². The van der Waals surface area contributed by atoms with Gasteiger partial charge in [0, 0.05) is 57.2 Å². The molecule has 10 nitrogen and oxygen atoms in total. The van der Waals surface area contributed by atoms with Gasteiger partial charge in [0.15, 0.2) is 0 Å². The number of esters is 1. The molecule has 0 amide bonds. The van der Waals surface area contributed by atoms with Gasteiger partial charge in [0.05, 0.1) is 41.3 Å². The van der Waals surface area contributed by atoms with Gasteiger partial charge in [-0.05, 0) is 6.92 Å². The van der Waals surface area contributed by atoms with Crippen LogP contribution < -0.4 is 0 Å².